The molecule has 154 valence electrons. The highest BCUT2D eigenvalue weighted by Crippen LogP contribution is 2.32. The molecule has 6 nitrogen and oxygen atoms in total. The third kappa shape index (κ3) is 4.92. The van der Waals surface area contributed by atoms with Gasteiger partial charge in [-0.05, 0) is 77.7 Å². The summed E-state index contributed by atoms with van der Waals surface area (Å²) in [6.07, 6.45) is 2.27. The molecule has 1 unspecified atom stereocenters. The van der Waals surface area contributed by atoms with E-state index in [0.717, 1.165) is 42.9 Å². The molecule has 1 atom stereocenters. The average molecular weight is 418 g/mol. The molecular weight excluding hydrogens is 393 g/mol. The van der Waals surface area contributed by atoms with Crippen LogP contribution in [-0.2, 0) is 6.54 Å². The maximum Gasteiger partial charge on any atom is 0.173 e. The first-order chi connectivity index (χ1) is 13.6. The summed E-state index contributed by atoms with van der Waals surface area (Å²) in [4.78, 5) is 2.40. The number of rotatable bonds is 5. The Balaban J connectivity index is 0.00000240. The highest BCUT2D eigenvalue weighted by Gasteiger charge is 2.30. The van der Waals surface area contributed by atoms with Crippen molar-refractivity contribution in [3.8, 4) is 5.75 Å². The van der Waals surface area contributed by atoms with Crippen LogP contribution < -0.4 is 0 Å². The van der Waals surface area contributed by atoms with Crippen LogP contribution in [0.1, 0.15) is 42.8 Å². The van der Waals surface area contributed by atoms with Gasteiger partial charge in [0, 0.05) is 0 Å². The van der Waals surface area contributed by atoms with Crippen molar-refractivity contribution in [2.75, 3.05) is 13.1 Å². The molecule has 2 heterocycles. The predicted molar refractivity (Wildman–Crippen MR) is 110 cm³/mol. The van der Waals surface area contributed by atoms with Gasteiger partial charge in [-0.15, -0.1) is 17.5 Å². The fourth-order valence-corrected chi connectivity index (χ4v) is 3.75. The molecule has 1 aromatic heterocycles. The molecule has 0 radical (unpaired) electrons. The first-order valence-electron chi connectivity index (χ1n) is 9.63. The van der Waals surface area contributed by atoms with Gasteiger partial charge in [0.25, 0.3) is 0 Å². The van der Waals surface area contributed by atoms with Crippen LogP contribution in [-0.4, -0.2) is 43.3 Å². The highest BCUT2D eigenvalue weighted by atomic mass is 35.5. The van der Waals surface area contributed by atoms with Gasteiger partial charge in [-0.25, -0.2) is 9.07 Å². The number of aromatic hydroxyl groups is 1. The summed E-state index contributed by atoms with van der Waals surface area (Å²) in [7, 11) is 0. The number of phenols is 1. The van der Waals surface area contributed by atoms with E-state index in [1.54, 1.807) is 28.9 Å². The highest BCUT2D eigenvalue weighted by molar-refractivity contribution is 5.85. The Morgan fingerprint density at radius 3 is 2.38 bits per heavy atom. The minimum Gasteiger partial charge on any atom is -0.508 e. The van der Waals surface area contributed by atoms with Gasteiger partial charge in [0.15, 0.2) is 5.82 Å². The van der Waals surface area contributed by atoms with Crippen molar-refractivity contribution < 1.29 is 9.50 Å². The number of phenolic OH excluding ortho intramolecular Hbond substituents is 1. The van der Waals surface area contributed by atoms with E-state index in [2.05, 4.69) is 27.3 Å². The number of hydrogen-bond acceptors (Lipinski definition) is 5. The van der Waals surface area contributed by atoms with Crippen LogP contribution in [0.4, 0.5) is 4.39 Å². The molecule has 0 saturated carbocycles. The molecular formula is C21H25ClFN5O. The molecule has 0 spiro atoms. The van der Waals surface area contributed by atoms with Gasteiger partial charge in [-0.1, -0.05) is 31.2 Å². The summed E-state index contributed by atoms with van der Waals surface area (Å²) >= 11 is 0. The van der Waals surface area contributed by atoms with Gasteiger partial charge in [-0.2, -0.15) is 0 Å². The van der Waals surface area contributed by atoms with Crippen LogP contribution in [0.2, 0.25) is 0 Å². The SMILES string of the molecule is CC1CCN(C(c2ccc(O)cc2)c2nnnn2Cc2ccc(F)cc2)CC1.Cl. The van der Waals surface area contributed by atoms with Gasteiger partial charge in [0.05, 0.1) is 12.6 Å². The molecule has 8 heteroatoms. The van der Waals surface area contributed by atoms with E-state index in [0.29, 0.717) is 12.5 Å². The molecule has 2 aromatic carbocycles. The van der Waals surface area contributed by atoms with Crippen molar-refractivity contribution >= 4 is 12.4 Å². The van der Waals surface area contributed by atoms with Crippen molar-refractivity contribution in [1.29, 1.82) is 0 Å². The second kappa shape index (κ2) is 9.33. The molecule has 1 aliphatic heterocycles. The number of nitrogens with zero attached hydrogens (tertiary/aromatic N) is 5. The van der Waals surface area contributed by atoms with Crippen molar-refractivity contribution in [1.82, 2.24) is 25.1 Å². The third-order valence-corrected chi connectivity index (χ3v) is 5.44. The Kier molecular flexibility index (Phi) is 6.82. The first-order valence-corrected chi connectivity index (χ1v) is 9.63. The molecule has 0 aliphatic carbocycles. The molecule has 0 amide bonds. The Hall–Kier alpha value is -2.51. The fourth-order valence-electron chi connectivity index (χ4n) is 3.75. The number of likely N-dealkylation sites (tertiary alicyclic amines) is 1. The van der Waals surface area contributed by atoms with Crippen LogP contribution in [0.3, 0.4) is 0 Å². The molecule has 1 aliphatic rings. The molecule has 29 heavy (non-hydrogen) atoms. The minimum atomic E-state index is -0.259. The minimum absolute atomic E-state index is 0. The number of piperidine rings is 1. The van der Waals surface area contributed by atoms with Crippen LogP contribution in [0, 0.1) is 11.7 Å². The Morgan fingerprint density at radius 1 is 1.07 bits per heavy atom. The predicted octanol–water partition coefficient (Wildman–Crippen LogP) is 3.81. The number of tetrazole rings is 1. The van der Waals surface area contributed by atoms with E-state index in [1.807, 2.05) is 12.1 Å². The number of benzene rings is 2. The lowest BCUT2D eigenvalue weighted by molar-refractivity contribution is 0.150. The summed E-state index contributed by atoms with van der Waals surface area (Å²) in [6.45, 7) is 4.69. The largest absolute Gasteiger partial charge is 0.508 e. The van der Waals surface area contributed by atoms with Crippen LogP contribution in [0.25, 0.3) is 0 Å². The van der Waals surface area contributed by atoms with Crippen molar-refractivity contribution in [2.45, 2.75) is 32.4 Å². The monoisotopic (exact) mass is 417 g/mol. The zero-order valence-corrected chi connectivity index (χ0v) is 17.1. The Labute approximate surface area is 175 Å². The summed E-state index contributed by atoms with van der Waals surface area (Å²) in [5.41, 5.74) is 1.98. The Morgan fingerprint density at radius 2 is 1.72 bits per heavy atom. The summed E-state index contributed by atoms with van der Waals surface area (Å²) in [5, 5.41) is 22.2. The number of aromatic nitrogens is 4. The molecule has 4 rings (SSSR count). The zero-order valence-electron chi connectivity index (χ0n) is 16.3. The van der Waals surface area contributed by atoms with Gasteiger partial charge >= 0.3 is 0 Å². The second-order valence-electron chi connectivity index (χ2n) is 7.53. The molecule has 1 N–H and O–H groups in total. The van der Waals surface area contributed by atoms with Crippen LogP contribution in [0.15, 0.2) is 48.5 Å². The summed E-state index contributed by atoms with van der Waals surface area (Å²) in [5.74, 6) is 1.45. The number of hydrogen-bond donors (Lipinski definition) is 1. The first kappa shape index (κ1) is 21.2. The maximum absolute atomic E-state index is 13.2. The van der Waals surface area contributed by atoms with E-state index in [9.17, 15) is 9.50 Å². The van der Waals surface area contributed by atoms with Crippen LogP contribution >= 0.6 is 12.4 Å². The second-order valence-corrected chi connectivity index (χ2v) is 7.53. The molecule has 1 fully saturated rings. The third-order valence-electron chi connectivity index (χ3n) is 5.44. The Bertz CT molecular complexity index is 908. The van der Waals surface area contributed by atoms with Crippen LogP contribution in [0.5, 0.6) is 5.75 Å². The van der Waals surface area contributed by atoms with E-state index in [4.69, 9.17) is 0 Å². The average Bonchev–Trinajstić information content (AvgIpc) is 3.14. The van der Waals surface area contributed by atoms with Crippen molar-refractivity contribution in [2.24, 2.45) is 5.92 Å². The maximum atomic E-state index is 13.2. The molecule has 0 bridgehead atoms. The standard InChI is InChI=1S/C21H24FN5O.ClH/c1-15-10-12-26(13-11-15)20(17-4-8-19(28)9-5-17)21-23-24-25-27(21)14-16-2-6-18(22)7-3-16;/h2-9,15,20,28H,10-14H2,1H3;1H. The normalized spacial score (nSPS) is 16.3. The lowest BCUT2D eigenvalue weighted by Crippen LogP contribution is -2.38. The molecule has 3 aromatic rings. The lowest BCUT2D eigenvalue weighted by atomic mass is 9.95. The van der Waals surface area contributed by atoms with Gasteiger partial charge in [-0.3, -0.25) is 4.90 Å². The zero-order chi connectivity index (χ0) is 19.5. The molecule has 1 saturated heterocycles. The fraction of sp³-hybridized carbons (Fsp3) is 0.381. The van der Waals surface area contributed by atoms with E-state index < -0.39 is 0 Å². The van der Waals surface area contributed by atoms with Crippen molar-refractivity contribution in [3.63, 3.8) is 0 Å². The summed E-state index contributed by atoms with van der Waals surface area (Å²) in [6, 6.07) is 13.5. The van der Waals surface area contributed by atoms with E-state index in [1.165, 1.54) is 12.1 Å². The van der Waals surface area contributed by atoms with Gasteiger partial charge in [0.2, 0.25) is 0 Å². The van der Waals surface area contributed by atoms with Gasteiger partial charge < -0.3 is 5.11 Å². The number of halogens is 2. The summed E-state index contributed by atoms with van der Waals surface area (Å²) < 4.78 is 15.0. The smallest absolute Gasteiger partial charge is 0.173 e. The van der Waals surface area contributed by atoms with Crippen molar-refractivity contribution in [3.05, 3.63) is 71.3 Å². The lowest BCUT2D eigenvalue weighted by Gasteiger charge is -2.36. The van der Waals surface area contributed by atoms with Gasteiger partial charge in [0.1, 0.15) is 11.6 Å². The topological polar surface area (TPSA) is 67.1 Å². The quantitative estimate of drug-likeness (QED) is 0.683. The van der Waals surface area contributed by atoms with E-state index >= 15 is 0 Å². The van der Waals surface area contributed by atoms with E-state index in [-0.39, 0.29) is 30.0 Å².